The van der Waals surface area contributed by atoms with Gasteiger partial charge in [0.2, 0.25) is 10.0 Å². The number of sulfonamides is 1. The minimum atomic E-state index is -3.71. The van der Waals surface area contributed by atoms with Crippen molar-refractivity contribution >= 4 is 27.5 Å². The van der Waals surface area contributed by atoms with Gasteiger partial charge in [-0.2, -0.15) is 4.31 Å². The molecule has 1 fully saturated rings. The van der Waals surface area contributed by atoms with Gasteiger partial charge in [0.1, 0.15) is 4.90 Å². The Hall–Kier alpha value is -1.15. The van der Waals surface area contributed by atoms with Crippen LogP contribution in [0.15, 0.2) is 23.1 Å². The maximum atomic E-state index is 13.1. The molecule has 0 aromatic heterocycles. The highest BCUT2D eigenvalue weighted by Crippen LogP contribution is 2.27. The monoisotopic (exact) mass is 429 g/mol. The lowest BCUT2D eigenvalue weighted by Crippen LogP contribution is -2.38. The van der Waals surface area contributed by atoms with Crippen LogP contribution in [0.4, 0.5) is 0 Å². The summed E-state index contributed by atoms with van der Waals surface area (Å²) in [4.78, 5) is 14.8. The summed E-state index contributed by atoms with van der Waals surface area (Å²) >= 11 is 6.20. The van der Waals surface area contributed by atoms with Gasteiger partial charge in [0.05, 0.1) is 5.02 Å². The summed E-state index contributed by atoms with van der Waals surface area (Å²) in [6.45, 7) is 9.46. The first kappa shape index (κ1) is 23.1. The van der Waals surface area contributed by atoms with E-state index in [0.29, 0.717) is 31.2 Å². The van der Waals surface area contributed by atoms with Crippen LogP contribution < -0.4 is 5.32 Å². The van der Waals surface area contributed by atoms with E-state index in [2.05, 4.69) is 31.0 Å². The highest BCUT2D eigenvalue weighted by Gasteiger charge is 2.28. The van der Waals surface area contributed by atoms with Crippen molar-refractivity contribution in [3.63, 3.8) is 0 Å². The second-order valence-electron chi connectivity index (χ2n) is 7.44. The Morgan fingerprint density at radius 3 is 2.43 bits per heavy atom. The number of likely N-dealkylation sites (N-methyl/N-ethyl adjacent to an activating group) is 1. The Balaban J connectivity index is 2.12. The molecule has 1 N–H and O–H groups in total. The topological polar surface area (TPSA) is 69.7 Å². The van der Waals surface area contributed by atoms with Gasteiger partial charge in [-0.3, -0.25) is 9.69 Å². The summed E-state index contributed by atoms with van der Waals surface area (Å²) in [5.74, 6) is -0.288. The lowest BCUT2D eigenvalue weighted by Gasteiger charge is -2.24. The summed E-state index contributed by atoms with van der Waals surface area (Å²) < 4.78 is 27.6. The van der Waals surface area contributed by atoms with Gasteiger partial charge in [-0.15, -0.1) is 0 Å². The maximum absolute atomic E-state index is 13.1. The number of nitrogens with one attached hydrogen (secondary N) is 1. The number of amides is 1. The molecule has 0 atom stereocenters. The predicted molar refractivity (Wildman–Crippen MR) is 113 cm³/mol. The van der Waals surface area contributed by atoms with Crippen LogP contribution in [0, 0.1) is 0 Å². The lowest BCUT2D eigenvalue weighted by molar-refractivity contribution is 0.0945. The molecule has 0 aliphatic carbocycles. The molecule has 1 aliphatic rings. The predicted octanol–water partition coefficient (Wildman–Crippen LogP) is 3.36. The van der Waals surface area contributed by atoms with Gasteiger partial charge < -0.3 is 5.32 Å². The van der Waals surface area contributed by atoms with E-state index in [1.54, 1.807) is 6.07 Å². The summed E-state index contributed by atoms with van der Waals surface area (Å²) in [7, 11) is -3.71. The van der Waals surface area contributed by atoms with Crippen molar-refractivity contribution in [1.82, 2.24) is 14.5 Å². The van der Waals surface area contributed by atoms with Crippen molar-refractivity contribution in [2.75, 3.05) is 32.7 Å². The van der Waals surface area contributed by atoms with Crippen LogP contribution in [0.5, 0.6) is 0 Å². The molecular formula is C20H32ClN3O3S. The molecule has 0 radical (unpaired) electrons. The number of halogens is 1. The average molecular weight is 430 g/mol. The maximum Gasteiger partial charge on any atom is 0.251 e. The lowest BCUT2D eigenvalue weighted by atomic mass is 10.2. The normalized spacial score (nSPS) is 16.4. The largest absolute Gasteiger partial charge is 0.351 e. The number of carbonyl (C=O) groups excluding carboxylic acids is 1. The zero-order valence-corrected chi connectivity index (χ0v) is 18.7. The van der Waals surface area contributed by atoms with Gasteiger partial charge in [-0.1, -0.05) is 31.4 Å². The van der Waals surface area contributed by atoms with E-state index in [0.717, 1.165) is 38.8 Å². The van der Waals surface area contributed by atoms with Crippen LogP contribution in [0.2, 0.25) is 5.02 Å². The number of hydrogen-bond acceptors (Lipinski definition) is 4. The fourth-order valence-electron chi connectivity index (χ4n) is 3.46. The van der Waals surface area contributed by atoms with E-state index in [1.807, 2.05) is 0 Å². The quantitative estimate of drug-likeness (QED) is 0.687. The summed E-state index contributed by atoms with van der Waals surface area (Å²) in [5.41, 5.74) is 0.311. The van der Waals surface area contributed by atoms with Crippen LogP contribution in [-0.4, -0.2) is 62.3 Å². The van der Waals surface area contributed by atoms with E-state index in [9.17, 15) is 13.2 Å². The number of carbonyl (C=O) groups is 1. The minimum Gasteiger partial charge on any atom is -0.351 e. The Bertz CT molecular complexity index is 760. The minimum absolute atomic E-state index is 0.0149. The van der Waals surface area contributed by atoms with Gasteiger partial charge in [0.25, 0.3) is 5.91 Å². The number of benzene rings is 1. The first-order valence-corrected chi connectivity index (χ1v) is 11.9. The average Bonchev–Trinajstić information content (AvgIpc) is 2.95. The van der Waals surface area contributed by atoms with E-state index in [4.69, 9.17) is 11.6 Å². The number of hydrogen-bond donors (Lipinski definition) is 1. The van der Waals surface area contributed by atoms with Crippen molar-refractivity contribution in [3.05, 3.63) is 28.8 Å². The summed E-state index contributed by atoms with van der Waals surface area (Å²) in [6.07, 6.45) is 3.77. The first-order valence-electron chi connectivity index (χ1n) is 10.1. The molecule has 28 heavy (non-hydrogen) atoms. The Morgan fingerprint density at radius 1 is 1.21 bits per heavy atom. The summed E-state index contributed by atoms with van der Waals surface area (Å²) in [6, 6.07) is 4.87. The van der Waals surface area contributed by atoms with Crippen LogP contribution in [0.25, 0.3) is 0 Å². The summed E-state index contributed by atoms with van der Waals surface area (Å²) in [5, 5.41) is 3.02. The fourth-order valence-corrected chi connectivity index (χ4v) is 5.48. The Labute approximate surface area is 174 Å². The molecule has 0 unspecified atom stereocenters. The SMILES string of the molecule is CCN(CCNC(=O)c1ccc(Cl)c(S(=O)(=O)N2CCCCCC2)c1)C(C)C. The zero-order chi connectivity index (χ0) is 20.7. The number of rotatable bonds is 8. The molecule has 1 aliphatic heterocycles. The molecule has 8 heteroatoms. The molecule has 1 amide bonds. The molecular weight excluding hydrogens is 398 g/mol. The van der Waals surface area contributed by atoms with Crippen LogP contribution in [0.3, 0.4) is 0 Å². The standard InChI is InChI=1S/C20H32ClN3O3S/c1-4-23(16(2)3)14-11-22-20(25)17-9-10-18(21)19(15-17)28(26,27)24-12-7-5-6-8-13-24/h9-10,15-16H,4-8,11-14H2,1-3H3,(H,22,25). The van der Waals surface area contributed by atoms with Gasteiger partial charge in [-0.25, -0.2) is 8.42 Å². The molecule has 158 valence electrons. The third-order valence-electron chi connectivity index (χ3n) is 5.20. The Kier molecular flexibility index (Phi) is 8.74. The van der Waals surface area contributed by atoms with Crippen LogP contribution >= 0.6 is 11.6 Å². The Morgan fingerprint density at radius 2 is 1.86 bits per heavy atom. The fraction of sp³-hybridized carbons (Fsp3) is 0.650. The zero-order valence-electron chi connectivity index (χ0n) is 17.1. The van der Waals surface area contributed by atoms with Gasteiger partial charge in [0.15, 0.2) is 0 Å². The molecule has 0 bridgehead atoms. The van der Waals surface area contributed by atoms with E-state index in [1.165, 1.54) is 16.4 Å². The smallest absolute Gasteiger partial charge is 0.251 e. The highest BCUT2D eigenvalue weighted by atomic mass is 35.5. The molecule has 1 aromatic rings. The van der Waals surface area contributed by atoms with E-state index in [-0.39, 0.29) is 15.8 Å². The molecule has 6 nitrogen and oxygen atoms in total. The van der Waals surface area contributed by atoms with E-state index < -0.39 is 10.0 Å². The van der Waals surface area contributed by atoms with Crippen molar-refractivity contribution in [2.24, 2.45) is 0 Å². The molecule has 2 rings (SSSR count). The van der Waals surface area contributed by atoms with Gasteiger partial charge in [0, 0.05) is 37.8 Å². The second kappa shape index (κ2) is 10.6. The third-order valence-corrected chi connectivity index (χ3v) is 7.58. The van der Waals surface area contributed by atoms with Crippen molar-refractivity contribution in [3.8, 4) is 0 Å². The van der Waals surface area contributed by atoms with Crippen molar-refractivity contribution < 1.29 is 13.2 Å². The van der Waals surface area contributed by atoms with Crippen LogP contribution in [0.1, 0.15) is 56.8 Å². The number of nitrogens with zero attached hydrogens (tertiary/aromatic N) is 2. The molecule has 1 heterocycles. The van der Waals surface area contributed by atoms with Crippen molar-refractivity contribution in [2.45, 2.75) is 57.4 Å². The van der Waals surface area contributed by atoms with Gasteiger partial charge >= 0.3 is 0 Å². The molecule has 1 saturated heterocycles. The molecule has 0 spiro atoms. The van der Waals surface area contributed by atoms with Crippen LogP contribution in [-0.2, 0) is 10.0 Å². The first-order chi connectivity index (χ1) is 13.3. The van der Waals surface area contributed by atoms with Gasteiger partial charge in [-0.05, 0) is 51.4 Å². The van der Waals surface area contributed by atoms with Crippen molar-refractivity contribution in [1.29, 1.82) is 0 Å². The molecule has 0 saturated carbocycles. The van der Waals surface area contributed by atoms with E-state index >= 15 is 0 Å². The highest BCUT2D eigenvalue weighted by molar-refractivity contribution is 7.89. The molecule has 1 aromatic carbocycles. The second-order valence-corrected chi connectivity index (χ2v) is 9.76. The third kappa shape index (κ3) is 5.92.